The molecule has 76 valence electrons. The van der Waals surface area contributed by atoms with E-state index in [0.29, 0.717) is 6.54 Å². The number of nitrogens with one attached hydrogen (secondary N) is 1. The van der Waals surface area contributed by atoms with E-state index in [1.165, 1.54) is 4.68 Å². The molecular weight excluding hydrogens is 190 g/mol. The van der Waals surface area contributed by atoms with E-state index in [0.717, 1.165) is 6.20 Å². The Hall–Kier alpha value is -1.96. The minimum absolute atomic E-state index is 0.139. The number of amides is 1. The van der Waals surface area contributed by atoms with Crippen LogP contribution in [-0.2, 0) is 6.54 Å². The van der Waals surface area contributed by atoms with Gasteiger partial charge in [-0.05, 0) is 6.92 Å². The average molecular weight is 199 g/mol. The maximum atomic E-state index is 11.2. The molecule has 1 heterocycles. The molecule has 0 atom stereocenters. The number of hydrogen-bond acceptors (Lipinski definition) is 5. The van der Waals surface area contributed by atoms with Crippen LogP contribution in [0.1, 0.15) is 17.4 Å². The summed E-state index contributed by atoms with van der Waals surface area (Å²) in [5, 5.41) is 14.2. The number of nitrogens with zero attached hydrogens (tertiary/aromatic N) is 3. The molecule has 0 aliphatic rings. The van der Waals surface area contributed by atoms with Crippen LogP contribution in [0.5, 0.6) is 0 Å². The summed E-state index contributed by atoms with van der Waals surface area (Å²) in [4.78, 5) is 21.0. The second-order valence-corrected chi connectivity index (χ2v) is 2.42. The van der Waals surface area contributed by atoms with Crippen molar-refractivity contribution >= 4 is 11.6 Å². The second-order valence-electron chi connectivity index (χ2n) is 2.42. The average Bonchev–Trinajstić information content (AvgIpc) is 2.59. The van der Waals surface area contributed by atoms with Crippen molar-refractivity contribution in [1.82, 2.24) is 15.2 Å². The van der Waals surface area contributed by atoms with Gasteiger partial charge in [0.25, 0.3) is 5.91 Å². The molecule has 14 heavy (non-hydrogen) atoms. The Kier molecular flexibility index (Phi) is 2.77. The Morgan fingerprint density at radius 1 is 1.86 bits per heavy atom. The standard InChI is InChI=1S/C6H9N5O3/c1-2-10-5(6(12)9-7)4(3-8-10)11(13)14/h3H,2,7H2,1H3,(H,9,12). The monoisotopic (exact) mass is 199 g/mol. The Bertz CT molecular complexity index is 372. The van der Waals surface area contributed by atoms with Crippen LogP contribution in [0.2, 0.25) is 0 Å². The summed E-state index contributed by atoms with van der Waals surface area (Å²) >= 11 is 0. The van der Waals surface area contributed by atoms with E-state index in [1.807, 2.05) is 5.43 Å². The van der Waals surface area contributed by atoms with Gasteiger partial charge in [0.1, 0.15) is 6.20 Å². The van der Waals surface area contributed by atoms with Crippen LogP contribution < -0.4 is 11.3 Å². The quantitative estimate of drug-likeness (QED) is 0.292. The van der Waals surface area contributed by atoms with Crippen LogP contribution in [0.25, 0.3) is 0 Å². The van der Waals surface area contributed by atoms with Gasteiger partial charge in [-0.3, -0.25) is 25.0 Å². The maximum Gasteiger partial charge on any atom is 0.320 e. The molecule has 0 radical (unpaired) electrons. The predicted octanol–water partition coefficient (Wildman–Crippen LogP) is -0.585. The minimum Gasteiger partial charge on any atom is -0.289 e. The number of aryl methyl sites for hydroxylation is 1. The molecule has 8 nitrogen and oxygen atoms in total. The van der Waals surface area contributed by atoms with Crippen molar-refractivity contribution in [3.8, 4) is 0 Å². The van der Waals surface area contributed by atoms with Crippen LogP contribution in [0.3, 0.4) is 0 Å². The molecule has 0 unspecified atom stereocenters. The van der Waals surface area contributed by atoms with E-state index < -0.39 is 10.8 Å². The van der Waals surface area contributed by atoms with E-state index >= 15 is 0 Å². The fraction of sp³-hybridized carbons (Fsp3) is 0.333. The second kappa shape index (κ2) is 3.83. The Labute approximate surface area is 78.8 Å². The third kappa shape index (κ3) is 1.55. The highest BCUT2D eigenvalue weighted by Crippen LogP contribution is 2.16. The molecule has 0 bridgehead atoms. The van der Waals surface area contributed by atoms with Gasteiger partial charge >= 0.3 is 5.69 Å². The smallest absolute Gasteiger partial charge is 0.289 e. The third-order valence-corrected chi connectivity index (χ3v) is 1.66. The van der Waals surface area contributed by atoms with Crippen LogP contribution in [-0.4, -0.2) is 20.6 Å². The fourth-order valence-electron chi connectivity index (χ4n) is 1.05. The maximum absolute atomic E-state index is 11.2. The summed E-state index contributed by atoms with van der Waals surface area (Å²) in [6.45, 7) is 2.07. The summed E-state index contributed by atoms with van der Waals surface area (Å²) in [5.74, 6) is 4.17. The Morgan fingerprint density at radius 3 is 2.93 bits per heavy atom. The number of nitrogen functional groups attached to an aromatic ring is 1. The van der Waals surface area contributed by atoms with E-state index in [1.54, 1.807) is 6.92 Å². The first-order chi connectivity index (χ1) is 6.61. The largest absolute Gasteiger partial charge is 0.320 e. The van der Waals surface area contributed by atoms with Crippen molar-refractivity contribution in [1.29, 1.82) is 0 Å². The zero-order valence-corrected chi connectivity index (χ0v) is 7.43. The molecular formula is C6H9N5O3. The molecule has 0 fully saturated rings. The number of nitro groups is 1. The first kappa shape index (κ1) is 10.1. The molecule has 0 aromatic carbocycles. The van der Waals surface area contributed by atoms with Crippen LogP contribution >= 0.6 is 0 Å². The number of hydrazine groups is 1. The molecule has 0 saturated carbocycles. The lowest BCUT2D eigenvalue weighted by atomic mass is 10.3. The Balaban J connectivity index is 3.26. The molecule has 3 N–H and O–H groups in total. The van der Waals surface area contributed by atoms with Gasteiger partial charge in [0.05, 0.1) is 4.92 Å². The van der Waals surface area contributed by atoms with Crippen molar-refractivity contribution in [2.75, 3.05) is 0 Å². The molecule has 1 rings (SSSR count). The number of hydrogen-bond donors (Lipinski definition) is 2. The van der Waals surface area contributed by atoms with Gasteiger partial charge in [0, 0.05) is 6.54 Å². The van der Waals surface area contributed by atoms with E-state index in [2.05, 4.69) is 5.10 Å². The molecule has 0 aliphatic carbocycles. The first-order valence-electron chi connectivity index (χ1n) is 3.83. The highest BCUT2D eigenvalue weighted by atomic mass is 16.6. The molecule has 1 amide bonds. The normalized spacial score (nSPS) is 9.86. The lowest BCUT2D eigenvalue weighted by Crippen LogP contribution is -2.32. The van der Waals surface area contributed by atoms with E-state index in [9.17, 15) is 14.9 Å². The molecule has 0 saturated heterocycles. The van der Waals surface area contributed by atoms with E-state index in [-0.39, 0.29) is 11.4 Å². The third-order valence-electron chi connectivity index (χ3n) is 1.66. The summed E-state index contributed by atoms with van der Waals surface area (Å²) in [7, 11) is 0. The van der Waals surface area contributed by atoms with Crippen LogP contribution in [0.4, 0.5) is 5.69 Å². The number of carbonyl (C=O) groups excluding carboxylic acids is 1. The SMILES string of the molecule is CCn1ncc([N+](=O)[O-])c1C(=O)NN. The highest BCUT2D eigenvalue weighted by molar-refractivity contribution is 5.95. The summed E-state index contributed by atoms with van der Waals surface area (Å²) in [6, 6.07) is 0. The van der Waals surface area contributed by atoms with Crippen molar-refractivity contribution < 1.29 is 9.72 Å². The highest BCUT2D eigenvalue weighted by Gasteiger charge is 2.25. The predicted molar refractivity (Wildman–Crippen MR) is 46.2 cm³/mol. The van der Waals surface area contributed by atoms with Crippen LogP contribution in [0.15, 0.2) is 6.20 Å². The van der Waals surface area contributed by atoms with Gasteiger partial charge < -0.3 is 0 Å². The number of carbonyl (C=O) groups is 1. The Morgan fingerprint density at radius 2 is 2.50 bits per heavy atom. The molecule has 8 heteroatoms. The van der Waals surface area contributed by atoms with Gasteiger partial charge in [-0.2, -0.15) is 5.10 Å². The van der Waals surface area contributed by atoms with Crippen molar-refractivity contribution in [2.24, 2.45) is 5.84 Å². The summed E-state index contributed by atoms with van der Waals surface area (Å²) in [5.41, 5.74) is 1.34. The van der Waals surface area contributed by atoms with Gasteiger partial charge in [-0.15, -0.1) is 0 Å². The van der Waals surface area contributed by atoms with Crippen molar-refractivity contribution in [2.45, 2.75) is 13.5 Å². The van der Waals surface area contributed by atoms with Crippen molar-refractivity contribution in [3.05, 3.63) is 22.0 Å². The first-order valence-corrected chi connectivity index (χ1v) is 3.83. The fourth-order valence-corrected chi connectivity index (χ4v) is 1.05. The summed E-state index contributed by atoms with van der Waals surface area (Å²) in [6.07, 6.45) is 1.02. The zero-order chi connectivity index (χ0) is 10.7. The van der Waals surface area contributed by atoms with E-state index in [4.69, 9.17) is 5.84 Å². The van der Waals surface area contributed by atoms with Crippen LogP contribution in [0, 0.1) is 10.1 Å². The number of rotatable bonds is 3. The van der Waals surface area contributed by atoms with Gasteiger partial charge in [-0.1, -0.05) is 0 Å². The minimum atomic E-state index is -0.726. The summed E-state index contributed by atoms with van der Waals surface area (Å²) < 4.78 is 1.21. The molecule has 0 aliphatic heterocycles. The van der Waals surface area contributed by atoms with Crippen molar-refractivity contribution in [3.63, 3.8) is 0 Å². The molecule has 1 aromatic heterocycles. The number of nitrogens with two attached hydrogens (primary N) is 1. The topological polar surface area (TPSA) is 116 Å². The van der Waals surface area contributed by atoms with Gasteiger partial charge in [0.2, 0.25) is 5.69 Å². The van der Waals surface area contributed by atoms with Gasteiger partial charge in [-0.25, -0.2) is 5.84 Å². The lowest BCUT2D eigenvalue weighted by Gasteiger charge is -2.01. The zero-order valence-electron chi connectivity index (χ0n) is 7.43. The molecule has 1 aromatic rings. The number of aromatic nitrogens is 2. The molecule has 0 spiro atoms. The van der Waals surface area contributed by atoms with Gasteiger partial charge in [0.15, 0.2) is 0 Å². The lowest BCUT2D eigenvalue weighted by molar-refractivity contribution is -0.385.